The molecule has 2 amide bonds. The van der Waals surface area contributed by atoms with Crippen molar-refractivity contribution in [2.75, 3.05) is 18.5 Å². The Morgan fingerprint density at radius 2 is 1.93 bits per heavy atom. The Labute approximate surface area is 167 Å². The van der Waals surface area contributed by atoms with Crippen molar-refractivity contribution in [1.29, 1.82) is 0 Å². The number of halogens is 1. The highest BCUT2D eigenvalue weighted by Crippen LogP contribution is 2.41. The minimum Gasteiger partial charge on any atom is -0.492 e. The van der Waals surface area contributed by atoms with E-state index in [-0.39, 0.29) is 36.2 Å². The number of hydrogen-bond donors (Lipinski definition) is 3. The number of rotatable bonds is 6. The van der Waals surface area contributed by atoms with Crippen LogP contribution in [0, 0.1) is 17.8 Å². The minimum absolute atomic E-state index is 0. The highest BCUT2D eigenvalue weighted by molar-refractivity contribution is 5.88. The van der Waals surface area contributed by atoms with Gasteiger partial charge in [-0.1, -0.05) is 12.5 Å². The van der Waals surface area contributed by atoms with Gasteiger partial charge in [-0.05, 0) is 49.7 Å². The lowest BCUT2D eigenvalue weighted by atomic mass is 9.65. The molecule has 0 heterocycles. The van der Waals surface area contributed by atoms with Crippen LogP contribution >= 0.6 is 12.4 Å². The standard InChI is InChI=1S/C20H29N3O3.ClH/c1-13(24)23-17-6-3-7-18(12-17)26-9-8-22-20(25)16-10-14-4-2-5-15(11-16)19(14)21;/h3,6-7,12,14-16,19H,2,4-5,8-11,21H2,1H3,(H,22,25)(H,23,24);1H. The molecule has 27 heavy (non-hydrogen) atoms. The van der Waals surface area contributed by atoms with E-state index in [1.54, 1.807) is 12.1 Å². The maximum Gasteiger partial charge on any atom is 0.223 e. The van der Waals surface area contributed by atoms with Crippen LogP contribution in [0.5, 0.6) is 5.75 Å². The number of benzene rings is 1. The molecule has 2 fully saturated rings. The zero-order valence-electron chi connectivity index (χ0n) is 15.8. The van der Waals surface area contributed by atoms with Crippen LogP contribution < -0.4 is 21.1 Å². The van der Waals surface area contributed by atoms with E-state index in [1.807, 2.05) is 12.1 Å². The molecular formula is C20H30ClN3O3. The van der Waals surface area contributed by atoms with Gasteiger partial charge in [-0.2, -0.15) is 0 Å². The summed E-state index contributed by atoms with van der Waals surface area (Å²) in [6.07, 6.45) is 5.42. The van der Waals surface area contributed by atoms with Gasteiger partial charge >= 0.3 is 0 Å². The maximum atomic E-state index is 12.5. The van der Waals surface area contributed by atoms with Gasteiger partial charge in [0.15, 0.2) is 0 Å². The average Bonchev–Trinajstić information content (AvgIpc) is 2.58. The minimum atomic E-state index is -0.119. The Morgan fingerprint density at radius 3 is 2.59 bits per heavy atom. The topological polar surface area (TPSA) is 93.5 Å². The molecule has 2 unspecified atom stereocenters. The lowest BCUT2D eigenvalue weighted by molar-refractivity contribution is -0.128. The van der Waals surface area contributed by atoms with E-state index in [2.05, 4.69) is 10.6 Å². The van der Waals surface area contributed by atoms with E-state index >= 15 is 0 Å². The van der Waals surface area contributed by atoms with E-state index in [9.17, 15) is 9.59 Å². The molecule has 2 saturated carbocycles. The van der Waals surface area contributed by atoms with Crippen LogP contribution in [0.15, 0.2) is 24.3 Å². The highest BCUT2D eigenvalue weighted by Gasteiger charge is 2.40. The molecule has 4 N–H and O–H groups in total. The Kier molecular flexibility index (Phi) is 7.92. The van der Waals surface area contributed by atoms with Crippen LogP contribution in [-0.2, 0) is 9.59 Å². The maximum absolute atomic E-state index is 12.5. The second kappa shape index (κ2) is 9.95. The summed E-state index contributed by atoms with van der Waals surface area (Å²) >= 11 is 0. The Balaban J connectivity index is 0.00000261. The molecule has 0 aliphatic heterocycles. The molecular weight excluding hydrogens is 366 g/mol. The molecule has 2 atom stereocenters. The van der Waals surface area contributed by atoms with Crippen molar-refractivity contribution < 1.29 is 14.3 Å². The second-order valence-electron chi connectivity index (χ2n) is 7.55. The van der Waals surface area contributed by atoms with Gasteiger partial charge < -0.3 is 21.1 Å². The molecule has 0 saturated heterocycles. The number of ether oxygens (including phenoxy) is 1. The molecule has 1 aromatic rings. The third kappa shape index (κ3) is 5.84. The zero-order chi connectivity index (χ0) is 18.5. The van der Waals surface area contributed by atoms with Crippen LogP contribution in [0.25, 0.3) is 0 Å². The van der Waals surface area contributed by atoms with Crippen LogP contribution in [0.4, 0.5) is 5.69 Å². The fraction of sp³-hybridized carbons (Fsp3) is 0.600. The van der Waals surface area contributed by atoms with E-state index < -0.39 is 0 Å². The first-order valence-corrected chi connectivity index (χ1v) is 9.56. The third-order valence-electron chi connectivity index (χ3n) is 5.61. The van der Waals surface area contributed by atoms with E-state index in [4.69, 9.17) is 10.5 Å². The number of amides is 2. The van der Waals surface area contributed by atoms with E-state index in [0.29, 0.717) is 36.4 Å². The summed E-state index contributed by atoms with van der Waals surface area (Å²) in [5, 5.41) is 5.72. The Bertz CT molecular complexity index is 641. The first kappa shape index (κ1) is 21.5. The number of hydrogen-bond acceptors (Lipinski definition) is 4. The summed E-state index contributed by atoms with van der Waals surface area (Å²) in [6.45, 7) is 2.34. The van der Waals surface area contributed by atoms with Gasteiger partial charge in [0.2, 0.25) is 11.8 Å². The molecule has 1 aromatic carbocycles. The Hall–Kier alpha value is -1.79. The number of carbonyl (C=O) groups excluding carboxylic acids is 2. The SMILES string of the molecule is CC(=O)Nc1cccc(OCCNC(=O)C2CC3CCCC(C2)C3N)c1.Cl. The molecule has 0 radical (unpaired) electrons. The molecule has 0 aromatic heterocycles. The van der Waals surface area contributed by atoms with Gasteiger partial charge in [0, 0.05) is 30.6 Å². The van der Waals surface area contributed by atoms with Gasteiger partial charge in [-0.3, -0.25) is 9.59 Å². The second-order valence-corrected chi connectivity index (χ2v) is 7.55. The predicted molar refractivity (Wildman–Crippen MR) is 108 cm³/mol. The summed E-state index contributed by atoms with van der Waals surface area (Å²) in [4.78, 5) is 23.6. The lowest BCUT2D eigenvalue weighted by Gasteiger charge is -2.43. The molecule has 0 spiro atoms. The lowest BCUT2D eigenvalue weighted by Crippen LogP contribution is -2.49. The summed E-state index contributed by atoms with van der Waals surface area (Å²) in [5.74, 6) is 1.78. The van der Waals surface area contributed by atoms with Crippen molar-refractivity contribution >= 4 is 29.9 Å². The first-order valence-electron chi connectivity index (χ1n) is 9.56. The monoisotopic (exact) mass is 395 g/mol. The number of nitrogens with one attached hydrogen (secondary N) is 2. The third-order valence-corrected chi connectivity index (χ3v) is 5.61. The highest BCUT2D eigenvalue weighted by atomic mass is 35.5. The number of anilines is 1. The summed E-state index contributed by atoms with van der Waals surface area (Å²) in [7, 11) is 0. The van der Waals surface area contributed by atoms with Crippen LogP contribution in [0.1, 0.15) is 39.0 Å². The summed E-state index contributed by atoms with van der Waals surface area (Å²) in [6, 6.07) is 7.51. The summed E-state index contributed by atoms with van der Waals surface area (Å²) in [5.41, 5.74) is 7.00. The molecule has 150 valence electrons. The predicted octanol–water partition coefficient (Wildman–Crippen LogP) is 2.72. The smallest absolute Gasteiger partial charge is 0.223 e. The summed E-state index contributed by atoms with van der Waals surface area (Å²) < 4.78 is 5.67. The number of fused-ring (bicyclic) bond motifs is 2. The molecule has 7 heteroatoms. The molecule has 6 nitrogen and oxygen atoms in total. The molecule has 2 aliphatic rings. The van der Waals surface area contributed by atoms with Gasteiger partial charge in [0.25, 0.3) is 0 Å². The molecule has 3 rings (SSSR count). The normalized spacial score (nSPS) is 26.4. The van der Waals surface area contributed by atoms with Gasteiger partial charge in [0.1, 0.15) is 12.4 Å². The average molecular weight is 396 g/mol. The van der Waals surface area contributed by atoms with E-state index in [0.717, 1.165) is 25.7 Å². The molecule has 2 bridgehead atoms. The number of carbonyl (C=O) groups is 2. The van der Waals surface area contributed by atoms with Crippen molar-refractivity contribution in [3.63, 3.8) is 0 Å². The zero-order valence-corrected chi connectivity index (χ0v) is 16.6. The van der Waals surface area contributed by atoms with Crippen LogP contribution in [-0.4, -0.2) is 31.0 Å². The van der Waals surface area contributed by atoms with Crippen LogP contribution in [0.3, 0.4) is 0 Å². The van der Waals surface area contributed by atoms with Gasteiger partial charge in [0.05, 0.1) is 6.54 Å². The Morgan fingerprint density at radius 1 is 1.22 bits per heavy atom. The van der Waals surface area contributed by atoms with Crippen molar-refractivity contribution in [2.45, 2.75) is 45.1 Å². The van der Waals surface area contributed by atoms with Crippen molar-refractivity contribution in [1.82, 2.24) is 5.32 Å². The fourth-order valence-electron chi connectivity index (χ4n) is 4.36. The quantitative estimate of drug-likeness (QED) is 0.645. The van der Waals surface area contributed by atoms with Gasteiger partial charge in [-0.15, -0.1) is 12.4 Å². The van der Waals surface area contributed by atoms with Crippen molar-refractivity contribution in [3.8, 4) is 5.75 Å². The number of nitrogens with two attached hydrogens (primary N) is 1. The van der Waals surface area contributed by atoms with Crippen LogP contribution in [0.2, 0.25) is 0 Å². The van der Waals surface area contributed by atoms with Crippen molar-refractivity contribution in [3.05, 3.63) is 24.3 Å². The van der Waals surface area contributed by atoms with E-state index in [1.165, 1.54) is 13.3 Å². The van der Waals surface area contributed by atoms with Crippen molar-refractivity contribution in [2.24, 2.45) is 23.5 Å². The van der Waals surface area contributed by atoms with Gasteiger partial charge in [-0.25, -0.2) is 0 Å². The molecule has 2 aliphatic carbocycles. The fourth-order valence-corrected chi connectivity index (χ4v) is 4.36. The largest absolute Gasteiger partial charge is 0.492 e. The first-order chi connectivity index (χ1) is 12.5.